The Kier molecular flexibility index (Phi) is 5.18. The van der Waals surface area contributed by atoms with Gasteiger partial charge in [-0.2, -0.15) is 0 Å². The molecule has 0 radical (unpaired) electrons. The minimum absolute atomic E-state index is 0.0672. The third kappa shape index (κ3) is 4.10. The van der Waals surface area contributed by atoms with Crippen molar-refractivity contribution in [3.8, 4) is 5.75 Å². The molecule has 0 fully saturated rings. The van der Waals surface area contributed by atoms with Crippen LogP contribution in [0.25, 0.3) is 0 Å². The van der Waals surface area contributed by atoms with Gasteiger partial charge in [-0.25, -0.2) is 0 Å². The Bertz CT molecular complexity index is 551. The molecule has 20 heavy (non-hydrogen) atoms. The fraction of sp³-hybridized carbons (Fsp3) is 0.312. The summed E-state index contributed by atoms with van der Waals surface area (Å²) in [4.78, 5) is 13.3. The Labute approximate surface area is 123 Å². The summed E-state index contributed by atoms with van der Waals surface area (Å²) in [6, 6.07) is 11.7. The van der Waals surface area contributed by atoms with Gasteiger partial charge in [0.25, 0.3) is 5.91 Å². The SMILES string of the molecule is CCC(Oc1cccc(C)c1)C(=O)NCc1cccs1. The summed E-state index contributed by atoms with van der Waals surface area (Å²) in [6.45, 7) is 4.51. The van der Waals surface area contributed by atoms with Crippen molar-refractivity contribution in [1.82, 2.24) is 5.32 Å². The van der Waals surface area contributed by atoms with E-state index in [-0.39, 0.29) is 5.91 Å². The molecule has 2 rings (SSSR count). The van der Waals surface area contributed by atoms with Gasteiger partial charge in [-0.15, -0.1) is 11.3 Å². The predicted octanol–water partition coefficient (Wildman–Crippen LogP) is 3.53. The van der Waals surface area contributed by atoms with Gasteiger partial charge in [0.15, 0.2) is 6.10 Å². The molecule has 1 aromatic heterocycles. The van der Waals surface area contributed by atoms with Crippen molar-refractivity contribution in [3.63, 3.8) is 0 Å². The van der Waals surface area contributed by atoms with Gasteiger partial charge in [-0.1, -0.05) is 25.1 Å². The van der Waals surface area contributed by atoms with Crippen LogP contribution >= 0.6 is 11.3 Å². The number of rotatable bonds is 6. The first kappa shape index (κ1) is 14.6. The summed E-state index contributed by atoms with van der Waals surface area (Å²) in [6.07, 6.45) is 0.196. The van der Waals surface area contributed by atoms with Crippen molar-refractivity contribution in [3.05, 3.63) is 52.2 Å². The Hall–Kier alpha value is -1.81. The Morgan fingerprint density at radius 2 is 2.20 bits per heavy atom. The highest BCUT2D eigenvalue weighted by molar-refractivity contribution is 7.09. The molecule has 0 saturated heterocycles. The predicted molar refractivity (Wildman–Crippen MR) is 82.1 cm³/mol. The van der Waals surface area contributed by atoms with E-state index in [1.165, 1.54) is 0 Å². The number of ether oxygens (including phenoxy) is 1. The number of aryl methyl sites for hydroxylation is 1. The quantitative estimate of drug-likeness (QED) is 0.883. The highest BCUT2D eigenvalue weighted by Gasteiger charge is 2.18. The molecule has 1 amide bonds. The third-order valence-electron chi connectivity index (χ3n) is 2.95. The summed E-state index contributed by atoms with van der Waals surface area (Å²) in [5, 5.41) is 4.92. The van der Waals surface area contributed by atoms with Gasteiger partial charge in [0.1, 0.15) is 5.75 Å². The van der Waals surface area contributed by atoms with Crippen molar-refractivity contribution >= 4 is 17.2 Å². The fourth-order valence-electron chi connectivity index (χ4n) is 1.88. The highest BCUT2D eigenvalue weighted by Crippen LogP contribution is 2.15. The first-order valence-corrected chi connectivity index (χ1v) is 7.60. The lowest BCUT2D eigenvalue weighted by molar-refractivity contribution is -0.128. The minimum Gasteiger partial charge on any atom is -0.481 e. The molecular formula is C16H19NO2S. The van der Waals surface area contributed by atoms with Crippen molar-refractivity contribution < 1.29 is 9.53 Å². The molecule has 4 heteroatoms. The van der Waals surface area contributed by atoms with Gasteiger partial charge < -0.3 is 10.1 Å². The Morgan fingerprint density at radius 3 is 2.85 bits per heavy atom. The molecule has 1 unspecified atom stereocenters. The molecule has 1 aromatic carbocycles. The zero-order chi connectivity index (χ0) is 14.4. The molecule has 2 aromatic rings. The summed E-state index contributed by atoms with van der Waals surface area (Å²) >= 11 is 1.63. The molecular weight excluding hydrogens is 270 g/mol. The number of hydrogen-bond donors (Lipinski definition) is 1. The highest BCUT2D eigenvalue weighted by atomic mass is 32.1. The molecule has 1 N–H and O–H groups in total. The molecule has 0 aliphatic heterocycles. The van der Waals surface area contributed by atoms with E-state index in [1.54, 1.807) is 11.3 Å². The van der Waals surface area contributed by atoms with Crippen LogP contribution in [0.3, 0.4) is 0 Å². The molecule has 0 aliphatic carbocycles. The monoisotopic (exact) mass is 289 g/mol. The molecule has 0 spiro atoms. The van der Waals surface area contributed by atoms with Crippen LogP contribution in [-0.4, -0.2) is 12.0 Å². The first-order valence-electron chi connectivity index (χ1n) is 6.72. The number of nitrogens with one attached hydrogen (secondary N) is 1. The fourth-order valence-corrected chi connectivity index (χ4v) is 2.52. The van der Waals surface area contributed by atoms with E-state index in [9.17, 15) is 4.79 Å². The topological polar surface area (TPSA) is 38.3 Å². The number of carbonyl (C=O) groups excluding carboxylic acids is 1. The Balaban J connectivity index is 1.92. The van der Waals surface area contributed by atoms with E-state index in [0.717, 1.165) is 16.2 Å². The average molecular weight is 289 g/mol. The summed E-state index contributed by atoms with van der Waals surface area (Å²) in [5.74, 6) is 0.672. The largest absolute Gasteiger partial charge is 0.481 e. The number of carbonyl (C=O) groups is 1. The minimum atomic E-state index is -0.447. The van der Waals surface area contributed by atoms with Crippen LogP contribution in [0.4, 0.5) is 0 Å². The molecule has 1 heterocycles. The van der Waals surface area contributed by atoms with E-state index >= 15 is 0 Å². The lowest BCUT2D eigenvalue weighted by atomic mass is 10.2. The van der Waals surface area contributed by atoms with E-state index in [2.05, 4.69) is 5.32 Å². The van der Waals surface area contributed by atoms with Crippen molar-refractivity contribution in [1.29, 1.82) is 0 Å². The average Bonchev–Trinajstić information content (AvgIpc) is 2.95. The lowest BCUT2D eigenvalue weighted by Gasteiger charge is -2.17. The van der Waals surface area contributed by atoms with Crippen LogP contribution in [0.2, 0.25) is 0 Å². The van der Waals surface area contributed by atoms with E-state index < -0.39 is 6.10 Å². The van der Waals surface area contributed by atoms with Crippen molar-refractivity contribution in [2.24, 2.45) is 0 Å². The maximum Gasteiger partial charge on any atom is 0.261 e. The summed E-state index contributed by atoms with van der Waals surface area (Å²) in [5.41, 5.74) is 1.12. The normalized spacial score (nSPS) is 11.9. The number of amides is 1. The molecule has 106 valence electrons. The number of thiophene rings is 1. The Morgan fingerprint density at radius 1 is 1.35 bits per heavy atom. The molecule has 0 bridgehead atoms. The first-order chi connectivity index (χ1) is 9.69. The zero-order valence-electron chi connectivity index (χ0n) is 11.8. The van der Waals surface area contributed by atoms with E-state index in [4.69, 9.17) is 4.74 Å². The molecule has 0 aliphatic rings. The van der Waals surface area contributed by atoms with Crippen LogP contribution in [0.1, 0.15) is 23.8 Å². The van der Waals surface area contributed by atoms with Gasteiger partial charge >= 0.3 is 0 Å². The second-order valence-corrected chi connectivity index (χ2v) is 5.66. The molecule has 0 saturated carbocycles. The standard InChI is InChI=1S/C16H19NO2S/c1-3-15(19-13-7-4-6-12(2)10-13)16(18)17-11-14-8-5-9-20-14/h4-10,15H,3,11H2,1-2H3,(H,17,18). The second-order valence-electron chi connectivity index (χ2n) is 4.63. The van der Waals surface area contributed by atoms with Crippen LogP contribution in [0.15, 0.2) is 41.8 Å². The lowest BCUT2D eigenvalue weighted by Crippen LogP contribution is -2.37. The summed E-state index contributed by atoms with van der Waals surface area (Å²) < 4.78 is 5.77. The van der Waals surface area contributed by atoms with Crippen molar-refractivity contribution in [2.45, 2.75) is 32.9 Å². The zero-order valence-corrected chi connectivity index (χ0v) is 12.6. The van der Waals surface area contributed by atoms with Crippen LogP contribution < -0.4 is 10.1 Å². The smallest absolute Gasteiger partial charge is 0.261 e. The van der Waals surface area contributed by atoms with Gasteiger partial charge in [0.2, 0.25) is 0 Å². The molecule has 1 atom stereocenters. The van der Waals surface area contributed by atoms with Gasteiger partial charge in [-0.05, 0) is 42.5 Å². The van der Waals surface area contributed by atoms with Crippen molar-refractivity contribution in [2.75, 3.05) is 0 Å². The van der Waals surface area contributed by atoms with Crippen LogP contribution in [0.5, 0.6) is 5.75 Å². The van der Waals surface area contributed by atoms with Gasteiger partial charge in [-0.3, -0.25) is 4.79 Å². The second kappa shape index (κ2) is 7.10. The maximum absolute atomic E-state index is 12.1. The van der Waals surface area contributed by atoms with E-state index in [0.29, 0.717) is 13.0 Å². The van der Waals surface area contributed by atoms with Gasteiger partial charge in [0, 0.05) is 4.88 Å². The van der Waals surface area contributed by atoms with Crippen LogP contribution in [-0.2, 0) is 11.3 Å². The van der Waals surface area contributed by atoms with E-state index in [1.807, 2.05) is 55.6 Å². The molecule has 3 nitrogen and oxygen atoms in total. The third-order valence-corrected chi connectivity index (χ3v) is 3.82. The maximum atomic E-state index is 12.1. The number of benzene rings is 1. The number of hydrogen-bond acceptors (Lipinski definition) is 3. The summed E-state index contributed by atoms with van der Waals surface area (Å²) in [7, 11) is 0. The van der Waals surface area contributed by atoms with Crippen LogP contribution in [0, 0.1) is 6.92 Å². The van der Waals surface area contributed by atoms with Gasteiger partial charge in [0.05, 0.1) is 6.54 Å².